The van der Waals surface area contributed by atoms with Gasteiger partial charge in [0.25, 0.3) is 5.78 Å². The molecular weight excluding hydrogens is 228 g/mol. The third-order valence-corrected chi connectivity index (χ3v) is 5.88. The Morgan fingerprint density at radius 1 is 1.19 bits per heavy atom. The second-order valence-corrected chi connectivity index (χ2v) is 10.5. The highest BCUT2D eigenvalue weighted by molar-refractivity contribution is 6.78. The summed E-state index contributed by atoms with van der Waals surface area (Å²) in [7, 11) is -0.642. The van der Waals surface area contributed by atoms with Gasteiger partial charge in [0.2, 0.25) is 0 Å². The van der Waals surface area contributed by atoms with Gasteiger partial charge in [-0.15, -0.1) is 0 Å². The average Bonchev–Trinajstić information content (AvgIpc) is 2.15. The van der Waals surface area contributed by atoms with Crippen LogP contribution in [0.5, 0.6) is 0 Å². The fourth-order valence-electron chi connectivity index (χ4n) is 1.30. The number of Topliss-reactive ketones (excluding diaryl/α,β-unsaturated/α-hetero) is 1. The van der Waals surface area contributed by atoms with Gasteiger partial charge in [0.1, 0.15) is 5.92 Å². The van der Waals surface area contributed by atoms with E-state index in [-0.39, 0.29) is 5.54 Å². The van der Waals surface area contributed by atoms with Gasteiger partial charge >= 0.3 is 11.9 Å². The summed E-state index contributed by atoms with van der Waals surface area (Å²) >= 11 is 0. The molecule has 2 unspecified atom stereocenters. The van der Waals surface area contributed by atoms with E-state index in [1.165, 1.54) is 0 Å². The molecule has 0 radical (unpaired) electrons. The van der Waals surface area contributed by atoms with Crippen LogP contribution in [0.25, 0.3) is 0 Å². The Hall–Kier alpha value is -1.17. The molecule has 0 aromatic heterocycles. The molecule has 0 aliphatic carbocycles. The second kappa shape index (κ2) is 5.24. The van der Waals surface area contributed by atoms with Gasteiger partial charge in [0.05, 0.1) is 7.11 Å². The minimum atomic E-state index is -1.80. The fraction of sp³-hybridized carbons (Fsp3) is 0.700. The Balaban J connectivity index is 5.19. The SMILES string of the molecule is COC(=O)C(C(=O)C(=O)O)C(C)[Si](C)(C)C. The molecule has 0 saturated heterocycles. The maximum atomic E-state index is 11.5. The number of carbonyl (C=O) groups excluding carboxylic acids is 2. The zero-order valence-electron chi connectivity index (χ0n) is 10.2. The van der Waals surface area contributed by atoms with Gasteiger partial charge in [-0.2, -0.15) is 0 Å². The van der Waals surface area contributed by atoms with E-state index >= 15 is 0 Å². The molecule has 6 heteroatoms. The Bertz CT molecular complexity index is 305. The molecule has 0 saturated carbocycles. The van der Waals surface area contributed by atoms with E-state index in [0.29, 0.717) is 0 Å². The van der Waals surface area contributed by atoms with Crippen LogP contribution in [-0.4, -0.2) is 38.0 Å². The summed E-state index contributed by atoms with van der Waals surface area (Å²) in [6, 6.07) is 0. The second-order valence-electron chi connectivity index (χ2n) is 4.82. The van der Waals surface area contributed by atoms with Crippen LogP contribution < -0.4 is 0 Å². The topological polar surface area (TPSA) is 80.7 Å². The third-order valence-electron chi connectivity index (χ3n) is 2.81. The number of hydrogen-bond acceptors (Lipinski definition) is 4. The summed E-state index contributed by atoms with van der Waals surface area (Å²) in [6.07, 6.45) is 0. The van der Waals surface area contributed by atoms with Crippen LogP contribution in [0.2, 0.25) is 25.2 Å². The highest BCUT2D eigenvalue weighted by atomic mass is 28.3. The molecule has 0 fully saturated rings. The lowest BCUT2D eigenvalue weighted by atomic mass is 10.0. The number of carbonyl (C=O) groups is 3. The highest BCUT2D eigenvalue weighted by Crippen LogP contribution is 2.31. The summed E-state index contributed by atoms with van der Waals surface area (Å²) < 4.78 is 4.50. The van der Waals surface area contributed by atoms with Crippen molar-refractivity contribution in [2.45, 2.75) is 32.1 Å². The predicted octanol–water partition coefficient (Wildman–Crippen LogP) is 1.16. The Morgan fingerprint density at radius 3 is 1.88 bits per heavy atom. The van der Waals surface area contributed by atoms with Gasteiger partial charge in [-0.1, -0.05) is 26.6 Å². The van der Waals surface area contributed by atoms with E-state index in [1.807, 2.05) is 19.6 Å². The lowest BCUT2D eigenvalue weighted by Gasteiger charge is -2.29. The zero-order chi connectivity index (χ0) is 13.1. The molecule has 0 aromatic carbocycles. The third kappa shape index (κ3) is 3.44. The highest BCUT2D eigenvalue weighted by Gasteiger charge is 2.42. The Morgan fingerprint density at radius 2 is 1.62 bits per heavy atom. The number of aliphatic carboxylic acids is 1. The van der Waals surface area contributed by atoms with E-state index in [4.69, 9.17) is 5.11 Å². The molecule has 2 atom stereocenters. The molecule has 0 amide bonds. The Labute approximate surface area is 95.8 Å². The van der Waals surface area contributed by atoms with Crippen molar-refractivity contribution in [3.8, 4) is 0 Å². The normalized spacial score (nSPS) is 15.1. The maximum Gasteiger partial charge on any atom is 0.373 e. The van der Waals surface area contributed by atoms with Crippen LogP contribution in [0.4, 0.5) is 0 Å². The fourth-order valence-corrected chi connectivity index (χ4v) is 2.59. The number of hydrogen-bond donors (Lipinski definition) is 1. The summed E-state index contributed by atoms with van der Waals surface area (Å²) in [4.78, 5) is 33.6. The first-order valence-corrected chi connectivity index (χ1v) is 8.55. The van der Waals surface area contributed by atoms with Crippen LogP contribution >= 0.6 is 0 Å². The number of esters is 1. The van der Waals surface area contributed by atoms with Crippen molar-refractivity contribution in [2.24, 2.45) is 5.92 Å². The van der Waals surface area contributed by atoms with Crippen LogP contribution in [-0.2, 0) is 19.1 Å². The van der Waals surface area contributed by atoms with Crippen molar-refractivity contribution in [1.82, 2.24) is 0 Å². The van der Waals surface area contributed by atoms with Crippen molar-refractivity contribution >= 4 is 25.8 Å². The Kier molecular flexibility index (Phi) is 4.86. The van der Waals surface area contributed by atoms with Crippen LogP contribution in [0, 0.1) is 5.92 Å². The van der Waals surface area contributed by atoms with Gasteiger partial charge < -0.3 is 9.84 Å². The minimum Gasteiger partial charge on any atom is -0.475 e. The molecule has 0 spiro atoms. The molecule has 16 heavy (non-hydrogen) atoms. The quantitative estimate of drug-likeness (QED) is 0.341. The molecule has 0 bridgehead atoms. The number of carboxylic acids is 1. The average molecular weight is 246 g/mol. The summed E-state index contributed by atoms with van der Waals surface area (Å²) in [5.41, 5.74) is -0.274. The number of ether oxygens (including phenoxy) is 1. The number of rotatable bonds is 5. The van der Waals surface area contributed by atoms with E-state index in [9.17, 15) is 14.4 Å². The van der Waals surface area contributed by atoms with Crippen molar-refractivity contribution in [3.05, 3.63) is 0 Å². The van der Waals surface area contributed by atoms with E-state index in [2.05, 4.69) is 4.74 Å². The van der Waals surface area contributed by atoms with Crippen molar-refractivity contribution < 1.29 is 24.2 Å². The van der Waals surface area contributed by atoms with E-state index in [0.717, 1.165) is 7.11 Å². The van der Waals surface area contributed by atoms with E-state index < -0.39 is 31.7 Å². The molecule has 1 N–H and O–H groups in total. The first-order chi connectivity index (χ1) is 7.12. The van der Waals surface area contributed by atoms with Gasteiger partial charge in [0, 0.05) is 8.07 Å². The van der Waals surface area contributed by atoms with Gasteiger partial charge in [-0.3, -0.25) is 9.59 Å². The van der Waals surface area contributed by atoms with Crippen molar-refractivity contribution in [2.75, 3.05) is 7.11 Å². The first-order valence-electron chi connectivity index (χ1n) is 4.98. The standard InChI is InChI=1S/C10H18O5Si/c1-6(16(3,4)5)7(10(14)15-2)8(11)9(12)13/h6-7H,1-5H3,(H,12,13). The summed E-state index contributed by atoms with van der Waals surface area (Å²) in [5, 5.41) is 8.67. The molecular formula is C10H18O5Si. The number of ketones is 1. The lowest BCUT2D eigenvalue weighted by molar-refractivity contribution is -0.158. The minimum absolute atomic E-state index is 0.274. The van der Waals surface area contributed by atoms with Crippen molar-refractivity contribution in [1.29, 1.82) is 0 Å². The van der Waals surface area contributed by atoms with Crippen LogP contribution in [0.15, 0.2) is 0 Å². The van der Waals surface area contributed by atoms with Gasteiger partial charge in [0.15, 0.2) is 0 Å². The first kappa shape index (κ1) is 14.8. The molecule has 0 aliphatic heterocycles. The van der Waals surface area contributed by atoms with Gasteiger partial charge in [-0.25, -0.2) is 4.79 Å². The maximum absolute atomic E-state index is 11.5. The lowest BCUT2D eigenvalue weighted by Crippen LogP contribution is -2.42. The number of methoxy groups -OCH3 is 1. The zero-order valence-corrected chi connectivity index (χ0v) is 11.2. The van der Waals surface area contributed by atoms with Crippen LogP contribution in [0.3, 0.4) is 0 Å². The van der Waals surface area contributed by atoms with Crippen molar-refractivity contribution in [3.63, 3.8) is 0 Å². The smallest absolute Gasteiger partial charge is 0.373 e. The summed E-state index contributed by atoms with van der Waals surface area (Å²) in [5.74, 6) is -4.61. The number of carboxylic acid groups (broad SMARTS) is 1. The molecule has 5 nitrogen and oxygen atoms in total. The van der Waals surface area contributed by atoms with Gasteiger partial charge in [-0.05, 0) is 5.54 Å². The predicted molar refractivity (Wildman–Crippen MR) is 60.9 cm³/mol. The molecule has 0 rings (SSSR count). The molecule has 0 aromatic rings. The largest absolute Gasteiger partial charge is 0.475 e. The molecule has 92 valence electrons. The monoisotopic (exact) mass is 246 g/mol. The summed E-state index contributed by atoms with van der Waals surface area (Å²) in [6.45, 7) is 7.66. The molecule has 0 heterocycles. The molecule has 0 aliphatic rings. The van der Waals surface area contributed by atoms with E-state index in [1.54, 1.807) is 6.92 Å². The van der Waals surface area contributed by atoms with Crippen LogP contribution in [0.1, 0.15) is 6.92 Å².